The van der Waals surface area contributed by atoms with E-state index in [2.05, 4.69) is 0 Å². The molecule has 150 valence electrons. The number of carbonyl (C=O) groups excluding carboxylic acids is 1. The van der Waals surface area contributed by atoms with Crippen LogP contribution in [-0.4, -0.2) is 58.0 Å². The average Bonchev–Trinajstić information content (AvgIpc) is 2.73. The molecule has 1 aliphatic rings. The van der Waals surface area contributed by atoms with Crippen LogP contribution in [0.25, 0.3) is 0 Å². The maximum atomic E-state index is 13.2. The van der Waals surface area contributed by atoms with Crippen molar-refractivity contribution in [2.45, 2.75) is 11.8 Å². The molecule has 0 saturated carbocycles. The molecule has 3 rings (SSSR count). The molecule has 0 aliphatic carbocycles. The Bertz CT molecular complexity index is 970. The van der Waals surface area contributed by atoms with Crippen LogP contribution < -0.4 is 9.04 Å². The van der Waals surface area contributed by atoms with Gasteiger partial charge >= 0.3 is 0 Å². The molecule has 0 N–H and O–H groups in total. The van der Waals surface area contributed by atoms with Crippen molar-refractivity contribution in [1.29, 1.82) is 0 Å². The summed E-state index contributed by atoms with van der Waals surface area (Å²) < 4.78 is 32.9. The first-order valence-electron chi connectivity index (χ1n) is 8.96. The number of rotatable bonds is 5. The molecule has 28 heavy (non-hydrogen) atoms. The number of thioether (sulfide) groups is 1. The molecule has 2 aromatic rings. The highest BCUT2D eigenvalue weighted by Gasteiger charge is 2.27. The lowest BCUT2D eigenvalue weighted by molar-refractivity contribution is 0.0771. The van der Waals surface area contributed by atoms with Gasteiger partial charge < -0.3 is 9.64 Å². The van der Waals surface area contributed by atoms with Gasteiger partial charge in [-0.05, 0) is 36.8 Å². The Morgan fingerprint density at radius 1 is 1.14 bits per heavy atom. The van der Waals surface area contributed by atoms with E-state index in [-0.39, 0.29) is 10.8 Å². The van der Waals surface area contributed by atoms with Gasteiger partial charge in [0.15, 0.2) is 0 Å². The van der Waals surface area contributed by atoms with Crippen molar-refractivity contribution in [3.63, 3.8) is 0 Å². The zero-order chi connectivity index (χ0) is 20.3. The monoisotopic (exact) mass is 420 g/mol. The number of ether oxygens (including phenoxy) is 1. The van der Waals surface area contributed by atoms with Gasteiger partial charge in [-0.15, -0.1) is 0 Å². The Morgan fingerprint density at radius 2 is 1.82 bits per heavy atom. The van der Waals surface area contributed by atoms with Gasteiger partial charge in [0.1, 0.15) is 5.75 Å². The van der Waals surface area contributed by atoms with E-state index in [0.29, 0.717) is 30.1 Å². The number of nitrogens with zero attached hydrogens (tertiary/aromatic N) is 2. The summed E-state index contributed by atoms with van der Waals surface area (Å²) in [6.07, 6.45) is 0. The average molecular weight is 421 g/mol. The van der Waals surface area contributed by atoms with Gasteiger partial charge in [0.05, 0.1) is 17.7 Å². The number of para-hydroxylation sites is 2. The molecule has 6 nitrogen and oxygen atoms in total. The third kappa shape index (κ3) is 3.98. The highest BCUT2D eigenvalue weighted by atomic mass is 32.2. The molecule has 1 fully saturated rings. The van der Waals surface area contributed by atoms with E-state index in [0.717, 1.165) is 17.1 Å². The van der Waals surface area contributed by atoms with Gasteiger partial charge in [0.2, 0.25) is 0 Å². The van der Waals surface area contributed by atoms with Crippen LogP contribution >= 0.6 is 11.8 Å². The minimum Gasteiger partial charge on any atom is -0.495 e. The molecule has 0 radical (unpaired) electrons. The molecule has 1 amide bonds. The van der Waals surface area contributed by atoms with Crippen LogP contribution in [-0.2, 0) is 10.0 Å². The molecule has 1 aliphatic heterocycles. The fourth-order valence-electron chi connectivity index (χ4n) is 3.11. The van der Waals surface area contributed by atoms with E-state index in [1.54, 1.807) is 41.3 Å². The predicted octanol–water partition coefficient (Wildman–Crippen LogP) is 3.02. The summed E-state index contributed by atoms with van der Waals surface area (Å²) in [5.74, 6) is 2.15. The summed E-state index contributed by atoms with van der Waals surface area (Å²) in [5, 5.41) is 0. The number of methoxy groups -OCH3 is 1. The number of anilines is 1. The predicted molar refractivity (Wildman–Crippen MR) is 113 cm³/mol. The Labute approximate surface area is 170 Å². The molecule has 2 aromatic carbocycles. The Balaban J connectivity index is 1.97. The van der Waals surface area contributed by atoms with Crippen molar-refractivity contribution < 1.29 is 17.9 Å². The zero-order valence-electron chi connectivity index (χ0n) is 16.2. The van der Waals surface area contributed by atoms with Crippen molar-refractivity contribution in [1.82, 2.24) is 4.90 Å². The maximum absolute atomic E-state index is 13.2. The van der Waals surface area contributed by atoms with Crippen LogP contribution in [0.15, 0.2) is 47.4 Å². The zero-order valence-corrected chi connectivity index (χ0v) is 17.8. The van der Waals surface area contributed by atoms with Gasteiger partial charge in [-0.3, -0.25) is 9.10 Å². The van der Waals surface area contributed by atoms with Crippen LogP contribution in [0.1, 0.15) is 15.9 Å². The number of sulfonamides is 1. The molecule has 1 saturated heterocycles. The third-order valence-corrected chi connectivity index (χ3v) is 7.53. The summed E-state index contributed by atoms with van der Waals surface area (Å²) in [7, 11) is -0.868. The molecule has 1 heterocycles. The van der Waals surface area contributed by atoms with Crippen molar-refractivity contribution in [2.24, 2.45) is 0 Å². The van der Waals surface area contributed by atoms with Crippen LogP contribution in [0.4, 0.5) is 5.69 Å². The van der Waals surface area contributed by atoms with E-state index in [9.17, 15) is 13.2 Å². The smallest absolute Gasteiger partial charge is 0.264 e. The second-order valence-electron chi connectivity index (χ2n) is 6.53. The second-order valence-corrected chi connectivity index (χ2v) is 9.72. The number of amides is 1. The van der Waals surface area contributed by atoms with Gasteiger partial charge in [-0.2, -0.15) is 11.8 Å². The first-order chi connectivity index (χ1) is 13.4. The van der Waals surface area contributed by atoms with Crippen LogP contribution in [0.5, 0.6) is 5.75 Å². The van der Waals surface area contributed by atoms with E-state index < -0.39 is 10.0 Å². The molecule has 0 spiro atoms. The summed E-state index contributed by atoms with van der Waals surface area (Å²) in [6.45, 7) is 3.19. The number of hydrogen-bond acceptors (Lipinski definition) is 5. The summed E-state index contributed by atoms with van der Waals surface area (Å²) in [5.41, 5.74) is 1.63. The topological polar surface area (TPSA) is 66.9 Å². The molecule has 0 atom stereocenters. The van der Waals surface area contributed by atoms with Crippen LogP contribution in [0, 0.1) is 6.92 Å². The summed E-state index contributed by atoms with van der Waals surface area (Å²) in [6, 6.07) is 11.6. The van der Waals surface area contributed by atoms with Crippen molar-refractivity contribution in [3.8, 4) is 5.75 Å². The maximum Gasteiger partial charge on any atom is 0.264 e. The Morgan fingerprint density at radius 3 is 2.50 bits per heavy atom. The van der Waals surface area contributed by atoms with E-state index in [1.165, 1.54) is 24.5 Å². The Hall–Kier alpha value is -2.19. The SMILES string of the molecule is COc1ccccc1N(C)S(=O)(=O)c1ccc(C)c(C(=O)N2CCSCC2)c1. The normalized spacial score (nSPS) is 14.6. The fourth-order valence-corrected chi connectivity index (χ4v) is 5.24. The van der Waals surface area contributed by atoms with Crippen LogP contribution in [0.2, 0.25) is 0 Å². The fraction of sp³-hybridized carbons (Fsp3) is 0.350. The number of carbonyl (C=O) groups is 1. The van der Waals surface area contributed by atoms with Crippen LogP contribution in [0.3, 0.4) is 0 Å². The molecule has 0 aromatic heterocycles. The van der Waals surface area contributed by atoms with Crippen molar-refractivity contribution in [2.75, 3.05) is 43.1 Å². The summed E-state index contributed by atoms with van der Waals surface area (Å²) in [4.78, 5) is 14.8. The quantitative estimate of drug-likeness (QED) is 0.744. The first kappa shape index (κ1) is 20.5. The molecule has 0 bridgehead atoms. The van der Waals surface area contributed by atoms with E-state index >= 15 is 0 Å². The standard InChI is InChI=1S/C20H24N2O4S2/c1-15-8-9-16(14-17(15)20(23)22-10-12-27-13-11-22)28(24,25)21(2)18-6-4-5-7-19(18)26-3/h4-9,14H,10-13H2,1-3H3. The lowest BCUT2D eigenvalue weighted by Gasteiger charge is -2.27. The minimum absolute atomic E-state index is 0.0845. The van der Waals surface area contributed by atoms with E-state index in [1.807, 2.05) is 18.7 Å². The largest absolute Gasteiger partial charge is 0.495 e. The number of hydrogen-bond donors (Lipinski definition) is 0. The molecular formula is C20H24N2O4S2. The number of benzene rings is 2. The highest BCUT2D eigenvalue weighted by molar-refractivity contribution is 7.99. The van der Waals surface area contributed by atoms with Gasteiger partial charge in [-0.1, -0.05) is 18.2 Å². The highest BCUT2D eigenvalue weighted by Crippen LogP contribution is 2.31. The lowest BCUT2D eigenvalue weighted by Crippen LogP contribution is -2.38. The lowest BCUT2D eigenvalue weighted by atomic mass is 10.1. The third-order valence-electron chi connectivity index (χ3n) is 4.82. The molecule has 8 heteroatoms. The van der Waals surface area contributed by atoms with Gasteiger partial charge in [-0.25, -0.2) is 8.42 Å². The summed E-state index contributed by atoms with van der Waals surface area (Å²) >= 11 is 1.82. The van der Waals surface area contributed by atoms with E-state index in [4.69, 9.17) is 4.74 Å². The van der Waals surface area contributed by atoms with Gasteiger partial charge in [0, 0.05) is 37.2 Å². The van der Waals surface area contributed by atoms with Gasteiger partial charge in [0.25, 0.3) is 15.9 Å². The Kier molecular flexibility index (Phi) is 6.20. The first-order valence-corrected chi connectivity index (χ1v) is 11.6. The molecule has 0 unspecified atom stereocenters. The second kappa shape index (κ2) is 8.45. The molecular weight excluding hydrogens is 396 g/mol. The number of aryl methyl sites for hydroxylation is 1. The minimum atomic E-state index is -3.85. The van der Waals surface area contributed by atoms with Crippen molar-refractivity contribution in [3.05, 3.63) is 53.6 Å². The van der Waals surface area contributed by atoms with Crippen molar-refractivity contribution >= 4 is 33.4 Å².